The van der Waals surface area contributed by atoms with Crippen molar-refractivity contribution in [3.05, 3.63) is 83.4 Å². The average molecular weight is 326 g/mol. The van der Waals surface area contributed by atoms with Crippen molar-refractivity contribution in [3.63, 3.8) is 0 Å². The Hall–Kier alpha value is -2.59. The lowest BCUT2D eigenvalue weighted by Crippen LogP contribution is -2.28. The van der Waals surface area contributed by atoms with Crippen LogP contribution in [0.25, 0.3) is 5.69 Å². The van der Waals surface area contributed by atoms with Gasteiger partial charge >= 0.3 is 0 Å². The molecular formula is C18H16ClN3O. The van der Waals surface area contributed by atoms with Gasteiger partial charge in [-0.1, -0.05) is 41.9 Å². The number of benzene rings is 2. The zero-order valence-corrected chi connectivity index (χ0v) is 13.4. The number of hydrogen-bond acceptors (Lipinski definition) is 2. The molecule has 0 aliphatic carbocycles. The predicted molar refractivity (Wildman–Crippen MR) is 90.8 cm³/mol. The molecule has 0 aliphatic heterocycles. The third-order valence-corrected chi connectivity index (χ3v) is 3.82. The molecule has 5 heteroatoms. The van der Waals surface area contributed by atoms with Gasteiger partial charge in [0.1, 0.15) is 5.69 Å². The lowest BCUT2D eigenvalue weighted by Gasteiger charge is -2.18. The molecule has 0 aliphatic rings. The highest BCUT2D eigenvalue weighted by molar-refractivity contribution is 6.30. The number of imidazole rings is 1. The number of para-hydroxylation sites is 1. The number of carbonyl (C=O) groups excluding carboxylic acids is 1. The van der Waals surface area contributed by atoms with Gasteiger partial charge in [0, 0.05) is 24.3 Å². The van der Waals surface area contributed by atoms with Gasteiger partial charge in [0.2, 0.25) is 0 Å². The standard InChI is InChI=1S/C18H16ClN3O/c1-21(12-14-7-9-15(19)10-8-14)18(23)17-11-20-13-22(17)16-5-3-2-4-6-16/h2-11,13H,12H2,1H3. The second-order valence-electron chi connectivity index (χ2n) is 5.27. The number of hydrogen-bond donors (Lipinski definition) is 0. The molecule has 1 amide bonds. The summed E-state index contributed by atoms with van der Waals surface area (Å²) in [6.07, 6.45) is 3.24. The summed E-state index contributed by atoms with van der Waals surface area (Å²) in [5, 5.41) is 0.685. The second-order valence-corrected chi connectivity index (χ2v) is 5.71. The molecule has 0 atom stereocenters. The molecule has 116 valence electrons. The first kappa shape index (κ1) is 15.3. The first-order valence-electron chi connectivity index (χ1n) is 7.23. The Kier molecular flexibility index (Phi) is 4.44. The van der Waals surface area contributed by atoms with E-state index in [0.29, 0.717) is 17.3 Å². The summed E-state index contributed by atoms with van der Waals surface area (Å²) in [5.74, 6) is -0.0821. The second kappa shape index (κ2) is 6.67. The van der Waals surface area contributed by atoms with Crippen LogP contribution in [0.2, 0.25) is 5.02 Å². The molecule has 1 aromatic heterocycles. The van der Waals surface area contributed by atoms with Crippen molar-refractivity contribution in [3.8, 4) is 5.69 Å². The quantitative estimate of drug-likeness (QED) is 0.732. The van der Waals surface area contributed by atoms with Gasteiger partial charge in [0.05, 0.1) is 12.5 Å². The molecule has 0 radical (unpaired) electrons. The van der Waals surface area contributed by atoms with Gasteiger partial charge in [-0.2, -0.15) is 0 Å². The van der Waals surface area contributed by atoms with Crippen LogP contribution < -0.4 is 0 Å². The van der Waals surface area contributed by atoms with Crippen LogP contribution in [0.1, 0.15) is 16.1 Å². The maximum absolute atomic E-state index is 12.7. The minimum Gasteiger partial charge on any atom is -0.336 e. The fourth-order valence-corrected chi connectivity index (χ4v) is 2.50. The Morgan fingerprint density at radius 3 is 2.52 bits per heavy atom. The van der Waals surface area contributed by atoms with Crippen LogP contribution in [0.4, 0.5) is 0 Å². The number of aromatic nitrogens is 2. The highest BCUT2D eigenvalue weighted by Gasteiger charge is 2.17. The molecular weight excluding hydrogens is 310 g/mol. The number of carbonyl (C=O) groups is 1. The molecule has 0 unspecified atom stereocenters. The Balaban J connectivity index is 1.81. The predicted octanol–water partition coefficient (Wildman–Crippen LogP) is 3.80. The zero-order chi connectivity index (χ0) is 16.2. The third-order valence-electron chi connectivity index (χ3n) is 3.57. The zero-order valence-electron chi connectivity index (χ0n) is 12.7. The smallest absolute Gasteiger partial charge is 0.272 e. The van der Waals surface area contributed by atoms with E-state index in [9.17, 15) is 4.79 Å². The summed E-state index contributed by atoms with van der Waals surface area (Å²) in [5.41, 5.74) is 2.47. The van der Waals surface area contributed by atoms with E-state index in [2.05, 4.69) is 4.98 Å². The Morgan fingerprint density at radius 2 is 1.83 bits per heavy atom. The molecule has 0 bridgehead atoms. The molecule has 3 aromatic rings. The van der Waals surface area contributed by atoms with Crippen molar-refractivity contribution in [2.45, 2.75) is 6.54 Å². The van der Waals surface area contributed by atoms with Crippen molar-refractivity contribution in [1.82, 2.24) is 14.5 Å². The third kappa shape index (κ3) is 3.43. The van der Waals surface area contributed by atoms with Crippen LogP contribution in [0.3, 0.4) is 0 Å². The summed E-state index contributed by atoms with van der Waals surface area (Å²) in [7, 11) is 1.78. The monoisotopic (exact) mass is 325 g/mol. The van der Waals surface area contributed by atoms with Crippen LogP contribution in [0, 0.1) is 0 Å². The lowest BCUT2D eigenvalue weighted by atomic mass is 10.2. The fraction of sp³-hybridized carbons (Fsp3) is 0.111. The van der Waals surface area contributed by atoms with Crippen molar-refractivity contribution >= 4 is 17.5 Å². The summed E-state index contributed by atoms with van der Waals surface area (Å²) in [6.45, 7) is 0.510. The minimum absolute atomic E-state index is 0.0821. The van der Waals surface area contributed by atoms with Crippen molar-refractivity contribution in [2.75, 3.05) is 7.05 Å². The van der Waals surface area contributed by atoms with Gasteiger partial charge in [0.15, 0.2) is 0 Å². The Labute approximate surface area is 140 Å². The minimum atomic E-state index is -0.0821. The lowest BCUT2D eigenvalue weighted by molar-refractivity contribution is 0.0777. The number of nitrogens with zero attached hydrogens (tertiary/aromatic N) is 3. The summed E-state index contributed by atoms with van der Waals surface area (Å²) >= 11 is 5.89. The number of rotatable bonds is 4. The summed E-state index contributed by atoms with van der Waals surface area (Å²) in [4.78, 5) is 18.5. The molecule has 1 heterocycles. The number of halogens is 1. The van der Waals surface area contributed by atoms with Gasteiger partial charge in [-0.05, 0) is 29.8 Å². The Bertz CT molecular complexity index is 797. The van der Waals surface area contributed by atoms with Crippen molar-refractivity contribution < 1.29 is 4.79 Å². The molecule has 0 spiro atoms. The van der Waals surface area contributed by atoms with Gasteiger partial charge in [0.25, 0.3) is 5.91 Å². The Morgan fingerprint density at radius 1 is 1.13 bits per heavy atom. The molecule has 0 fully saturated rings. The van der Waals surface area contributed by atoms with E-state index in [4.69, 9.17) is 11.6 Å². The molecule has 4 nitrogen and oxygen atoms in total. The maximum Gasteiger partial charge on any atom is 0.272 e. The van der Waals surface area contributed by atoms with Crippen LogP contribution >= 0.6 is 11.6 Å². The van der Waals surface area contributed by atoms with Gasteiger partial charge < -0.3 is 4.90 Å². The molecule has 0 N–H and O–H groups in total. The molecule has 2 aromatic carbocycles. The van der Waals surface area contributed by atoms with E-state index in [1.807, 2.05) is 54.6 Å². The van der Waals surface area contributed by atoms with Gasteiger partial charge in [-0.25, -0.2) is 4.98 Å². The van der Waals surface area contributed by atoms with E-state index in [1.54, 1.807) is 29.0 Å². The topological polar surface area (TPSA) is 38.1 Å². The van der Waals surface area contributed by atoms with E-state index >= 15 is 0 Å². The largest absolute Gasteiger partial charge is 0.336 e. The van der Waals surface area contributed by atoms with E-state index in [-0.39, 0.29) is 5.91 Å². The molecule has 0 saturated heterocycles. The van der Waals surface area contributed by atoms with E-state index in [1.165, 1.54) is 0 Å². The van der Waals surface area contributed by atoms with E-state index < -0.39 is 0 Å². The maximum atomic E-state index is 12.7. The van der Waals surface area contributed by atoms with Crippen LogP contribution in [-0.4, -0.2) is 27.4 Å². The normalized spacial score (nSPS) is 10.5. The molecule has 3 rings (SSSR count). The van der Waals surface area contributed by atoms with Gasteiger partial charge in [-0.15, -0.1) is 0 Å². The SMILES string of the molecule is CN(Cc1ccc(Cl)cc1)C(=O)c1cncn1-c1ccccc1. The fourth-order valence-electron chi connectivity index (χ4n) is 2.38. The van der Waals surface area contributed by atoms with Crippen LogP contribution in [0.5, 0.6) is 0 Å². The van der Waals surface area contributed by atoms with Crippen molar-refractivity contribution in [2.24, 2.45) is 0 Å². The number of amides is 1. The van der Waals surface area contributed by atoms with Crippen LogP contribution in [0.15, 0.2) is 67.1 Å². The first-order chi connectivity index (χ1) is 11.1. The molecule has 23 heavy (non-hydrogen) atoms. The highest BCUT2D eigenvalue weighted by atomic mass is 35.5. The van der Waals surface area contributed by atoms with Crippen molar-refractivity contribution in [1.29, 1.82) is 0 Å². The van der Waals surface area contributed by atoms with Crippen LogP contribution in [-0.2, 0) is 6.54 Å². The van der Waals surface area contributed by atoms with Gasteiger partial charge in [-0.3, -0.25) is 9.36 Å². The molecule has 0 saturated carbocycles. The first-order valence-corrected chi connectivity index (χ1v) is 7.60. The summed E-state index contributed by atoms with van der Waals surface area (Å²) < 4.78 is 1.79. The average Bonchev–Trinajstić information content (AvgIpc) is 3.06. The highest BCUT2D eigenvalue weighted by Crippen LogP contribution is 2.15. The summed E-state index contributed by atoms with van der Waals surface area (Å²) in [6, 6.07) is 17.2. The van der Waals surface area contributed by atoms with E-state index in [0.717, 1.165) is 11.3 Å².